The van der Waals surface area contributed by atoms with Crippen LogP contribution in [0.25, 0.3) is 0 Å². The zero-order chi connectivity index (χ0) is 10.1. The van der Waals surface area contributed by atoms with Gasteiger partial charge < -0.3 is 15.9 Å². The van der Waals surface area contributed by atoms with Crippen molar-refractivity contribution in [2.24, 2.45) is 5.73 Å². The van der Waals surface area contributed by atoms with Crippen molar-refractivity contribution in [3.05, 3.63) is 0 Å². The van der Waals surface area contributed by atoms with E-state index in [4.69, 9.17) is 10.8 Å². The average molecular weight is 189 g/mol. The van der Waals surface area contributed by atoms with Crippen LogP contribution in [0.5, 0.6) is 0 Å². The average Bonchev–Trinajstić information content (AvgIpc) is 2.16. The molecule has 0 saturated carbocycles. The number of hydrogen-bond donors (Lipinski definition) is 3. The summed E-state index contributed by atoms with van der Waals surface area (Å²) in [5, 5.41) is 18.1. The van der Waals surface area contributed by atoms with E-state index >= 15 is 0 Å². The molecule has 0 radical (unpaired) electrons. The summed E-state index contributed by atoms with van der Waals surface area (Å²) in [6.07, 6.45) is 6.08. The molecule has 0 aliphatic heterocycles. The minimum absolute atomic E-state index is 0.129. The minimum atomic E-state index is -0.536. The van der Waals surface area contributed by atoms with Crippen LogP contribution in [0.1, 0.15) is 45.4 Å². The van der Waals surface area contributed by atoms with Crippen molar-refractivity contribution >= 4 is 0 Å². The zero-order valence-corrected chi connectivity index (χ0v) is 8.58. The predicted octanol–water partition coefficient (Wildman–Crippen LogP) is 1.03. The fourth-order valence-electron chi connectivity index (χ4n) is 1.29. The van der Waals surface area contributed by atoms with Crippen LogP contribution in [0.15, 0.2) is 0 Å². The first-order valence-corrected chi connectivity index (χ1v) is 5.26. The highest BCUT2D eigenvalue weighted by Crippen LogP contribution is 2.08. The molecule has 0 aromatic heterocycles. The van der Waals surface area contributed by atoms with Gasteiger partial charge in [-0.25, -0.2) is 0 Å². The van der Waals surface area contributed by atoms with Crippen LogP contribution in [0.3, 0.4) is 0 Å². The zero-order valence-electron chi connectivity index (χ0n) is 8.58. The second-order valence-corrected chi connectivity index (χ2v) is 3.62. The van der Waals surface area contributed by atoms with Crippen LogP contribution < -0.4 is 5.73 Å². The maximum absolute atomic E-state index is 9.39. The third-order valence-electron chi connectivity index (χ3n) is 2.31. The van der Waals surface area contributed by atoms with Gasteiger partial charge in [0.25, 0.3) is 0 Å². The smallest absolute Gasteiger partial charge is 0.0713 e. The molecule has 4 N–H and O–H groups in total. The Bertz CT molecular complexity index is 109. The van der Waals surface area contributed by atoms with Crippen molar-refractivity contribution < 1.29 is 10.2 Å². The number of rotatable bonds is 8. The summed E-state index contributed by atoms with van der Waals surface area (Å²) in [5.41, 5.74) is 5.46. The van der Waals surface area contributed by atoms with Gasteiger partial charge in [-0.1, -0.05) is 39.0 Å². The molecule has 0 aliphatic carbocycles. The molecule has 0 amide bonds. The Morgan fingerprint density at radius 3 is 2.31 bits per heavy atom. The number of aliphatic hydroxyl groups excluding tert-OH is 2. The van der Waals surface area contributed by atoms with Gasteiger partial charge >= 0.3 is 0 Å². The van der Waals surface area contributed by atoms with Gasteiger partial charge in [0, 0.05) is 0 Å². The quantitative estimate of drug-likeness (QED) is 0.500. The summed E-state index contributed by atoms with van der Waals surface area (Å²) in [7, 11) is 0. The van der Waals surface area contributed by atoms with Gasteiger partial charge in [0.2, 0.25) is 0 Å². The van der Waals surface area contributed by atoms with Crippen LogP contribution in [-0.4, -0.2) is 29.0 Å². The van der Waals surface area contributed by atoms with Crippen LogP contribution in [0.2, 0.25) is 0 Å². The minimum Gasteiger partial charge on any atom is -0.395 e. The molecule has 0 heterocycles. The van der Waals surface area contributed by atoms with Crippen molar-refractivity contribution in [3.8, 4) is 0 Å². The van der Waals surface area contributed by atoms with Crippen molar-refractivity contribution in [3.63, 3.8) is 0 Å². The molecule has 13 heavy (non-hydrogen) atoms. The van der Waals surface area contributed by atoms with Gasteiger partial charge in [-0.05, 0) is 6.42 Å². The molecule has 0 unspecified atom stereocenters. The molecule has 0 fully saturated rings. The van der Waals surface area contributed by atoms with E-state index in [1.54, 1.807) is 0 Å². The van der Waals surface area contributed by atoms with E-state index in [0.29, 0.717) is 6.42 Å². The molecule has 0 rings (SSSR count). The first-order valence-electron chi connectivity index (χ1n) is 5.26. The molecule has 3 heteroatoms. The lowest BCUT2D eigenvalue weighted by Gasteiger charge is -2.15. The maximum Gasteiger partial charge on any atom is 0.0713 e. The number of hydrogen-bond acceptors (Lipinski definition) is 3. The summed E-state index contributed by atoms with van der Waals surface area (Å²) in [4.78, 5) is 0. The summed E-state index contributed by atoms with van der Waals surface area (Å²) < 4.78 is 0. The normalized spacial score (nSPS) is 15.7. The van der Waals surface area contributed by atoms with Crippen LogP contribution >= 0.6 is 0 Å². The number of unbranched alkanes of at least 4 members (excludes halogenated alkanes) is 4. The second kappa shape index (κ2) is 8.48. The molecule has 0 aromatic rings. The lowest BCUT2D eigenvalue weighted by atomic mass is 10.0. The van der Waals surface area contributed by atoms with E-state index in [2.05, 4.69) is 6.92 Å². The third kappa shape index (κ3) is 6.99. The Hall–Kier alpha value is -0.120. The second-order valence-electron chi connectivity index (χ2n) is 3.62. The van der Waals surface area contributed by atoms with E-state index in [0.717, 1.165) is 12.8 Å². The van der Waals surface area contributed by atoms with Gasteiger partial charge in [-0.3, -0.25) is 0 Å². The van der Waals surface area contributed by atoms with Crippen molar-refractivity contribution in [2.45, 2.75) is 57.6 Å². The summed E-state index contributed by atoms with van der Waals surface area (Å²) >= 11 is 0. The van der Waals surface area contributed by atoms with E-state index in [9.17, 15) is 5.11 Å². The predicted molar refractivity (Wildman–Crippen MR) is 54.4 cm³/mol. The van der Waals surface area contributed by atoms with Crippen molar-refractivity contribution in [1.82, 2.24) is 0 Å². The van der Waals surface area contributed by atoms with Gasteiger partial charge in [0.05, 0.1) is 18.8 Å². The van der Waals surface area contributed by atoms with E-state index in [1.165, 1.54) is 19.3 Å². The van der Waals surface area contributed by atoms with E-state index in [1.807, 2.05) is 0 Å². The van der Waals surface area contributed by atoms with Gasteiger partial charge in [0.1, 0.15) is 0 Å². The molecule has 0 saturated heterocycles. The summed E-state index contributed by atoms with van der Waals surface area (Å²) in [6, 6.07) is -0.467. The first-order chi connectivity index (χ1) is 6.22. The summed E-state index contributed by atoms with van der Waals surface area (Å²) in [5.74, 6) is 0. The van der Waals surface area contributed by atoms with Crippen LogP contribution in [-0.2, 0) is 0 Å². The van der Waals surface area contributed by atoms with Crippen molar-refractivity contribution in [1.29, 1.82) is 0 Å². The fourth-order valence-corrected chi connectivity index (χ4v) is 1.29. The first kappa shape index (κ1) is 12.9. The largest absolute Gasteiger partial charge is 0.395 e. The van der Waals surface area contributed by atoms with Crippen molar-refractivity contribution in [2.75, 3.05) is 6.61 Å². The monoisotopic (exact) mass is 189 g/mol. The molecule has 0 spiro atoms. The van der Waals surface area contributed by atoms with Crippen LogP contribution in [0.4, 0.5) is 0 Å². The standard InChI is InChI=1S/C10H23NO2/c1-2-3-4-5-6-7-10(13)9(11)8-12/h9-10,12-13H,2-8,11H2,1H3/t9-,10+/m1/s1. The highest BCUT2D eigenvalue weighted by atomic mass is 16.3. The lowest BCUT2D eigenvalue weighted by molar-refractivity contribution is 0.0990. The molecular formula is C10H23NO2. The highest BCUT2D eigenvalue weighted by Gasteiger charge is 2.12. The Kier molecular flexibility index (Phi) is 8.40. The molecule has 0 aromatic carbocycles. The summed E-state index contributed by atoms with van der Waals surface area (Å²) in [6.45, 7) is 2.05. The van der Waals surface area contributed by atoms with Gasteiger partial charge in [-0.2, -0.15) is 0 Å². The Morgan fingerprint density at radius 1 is 1.15 bits per heavy atom. The highest BCUT2D eigenvalue weighted by molar-refractivity contribution is 4.70. The molecule has 0 aliphatic rings. The van der Waals surface area contributed by atoms with Gasteiger partial charge in [-0.15, -0.1) is 0 Å². The van der Waals surface area contributed by atoms with Gasteiger partial charge in [0.15, 0.2) is 0 Å². The molecular weight excluding hydrogens is 166 g/mol. The lowest BCUT2D eigenvalue weighted by Crippen LogP contribution is -2.37. The number of aliphatic hydroxyl groups is 2. The van der Waals surface area contributed by atoms with Crippen LogP contribution in [0, 0.1) is 0 Å². The third-order valence-corrected chi connectivity index (χ3v) is 2.31. The molecule has 2 atom stereocenters. The molecule has 0 bridgehead atoms. The Morgan fingerprint density at radius 2 is 1.77 bits per heavy atom. The Balaban J connectivity index is 3.21. The van der Waals surface area contributed by atoms with E-state index in [-0.39, 0.29) is 6.61 Å². The fraction of sp³-hybridized carbons (Fsp3) is 1.00. The molecule has 80 valence electrons. The van der Waals surface area contributed by atoms with E-state index < -0.39 is 12.1 Å². The molecule has 3 nitrogen and oxygen atoms in total. The SMILES string of the molecule is CCCCCCC[C@H](O)[C@H](N)CO. The number of nitrogens with two attached hydrogens (primary N) is 1. The Labute approximate surface area is 81.0 Å². The topological polar surface area (TPSA) is 66.5 Å². The maximum atomic E-state index is 9.39.